The topological polar surface area (TPSA) is 52.6 Å². The highest BCUT2D eigenvalue weighted by Gasteiger charge is 2.29. The normalized spacial score (nSPS) is 26.9. The molecule has 118 valence electrons. The van der Waals surface area contributed by atoms with Gasteiger partial charge in [0.05, 0.1) is 6.10 Å². The molecule has 0 aromatic heterocycles. The maximum Gasteiger partial charge on any atom is 0.244 e. The van der Waals surface area contributed by atoms with Gasteiger partial charge in [-0.3, -0.25) is 9.69 Å². The summed E-state index contributed by atoms with van der Waals surface area (Å²) >= 11 is 0. The van der Waals surface area contributed by atoms with E-state index < -0.39 is 6.10 Å². The molecule has 0 saturated carbocycles. The summed E-state index contributed by atoms with van der Waals surface area (Å²) < 4.78 is 0. The van der Waals surface area contributed by atoms with Crippen LogP contribution in [0.5, 0.6) is 0 Å². The first-order chi connectivity index (χ1) is 10.6. The van der Waals surface area contributed by atoms with Crippen molar-refractivity contribution in [3.05, 3.63) is 47.0 Å². The first-order valence-corrected chi connectivity index (χ1v) is 8.07. The number of aryl methyl sites for hydroxylation is 1. The highest BCUT2D eigenvalue weighted by molar-refractivity contribution is 5.88. The van der Waals surface area contributed by atoms with Crippen LogP contribution in [-0.2, 0) is 4.79 Å². The van der Waals surface area contributed by atoms with Gasteiger partial charge in [-0.1, -0.05) is 29.8 Å². The Hall–Kier alpha value is -1.65. The Morgan fingerprint density at radius 2 is 2.23 bits per heavy atom. The largest absolute Gasteiger partial charge is 0.387 e. The lowest BCUT2D eigenvalue weighted by Gasteiger charge is -2.40. The van der Waals surface area contributed by atoms with Gasteiger partial charge < -0.3 is 10.4 Å². The van der Waals surface area contributed by atoms with Gasteiger partial charge in [0.25, 0.3) is 0 Å². The Kier molecular flexibility index (Phi) is 4.60. The maximum absolute atomic E-state index is 12.1. The van der Waals surface area contributed by atoms with E-state index in [9.17, 15) is 9.90 Å². The van der Waals surface area contributed by atoms with Crippen molar-refractivity contribution in [1.29, 1.82) is 0 Å². The van der Waals surface area contributed by atoms with Crippen molar-refractivity contribution >= 4 is 5.91 Å². The van der Waals surface area contributed by atoms with E-state index in [-0.39, 0.29) is 12.5 Å². The van der Waals surface area contributed by atoms with Crippen LogP contribution in [-0.4, -0.2) is 42.1 Å². The van der Waals surface area contributed by atoms with Crippen molar-refractivity contribution < 1.29 is 9.90 Å². The number of rotatable bonds is 4. The summed E-state index contributed by atoms with van der Waals surface area (Å²) in [5.41, 5.74) is 3.20. The Bertz CT molecular complexity index is 574. The van der Waals surface area contributed by atoms with Gasteiger partial charge in [0.15, 0.2) is 0 Å². The van der Waals surface area contributed by atoms with Gasteiger partial charge in [0.1, 0.15) is 0 Å². The smallest absolute Gasteiger partial charge is 0.244 e. The van der Waals surface area contributed by atoms with Crippen molar-refractivity contribution in [1.82, 2.24) is 10.2 Å². The number of nitrogens with zero attached hydrogens (tertiary/aromatic N) is 1. The minimum Gasteiger partial charge on any atom is -0.387 e. The molecule has 3 heterocycles. The fourth-order valence-corrected chi connectivity index (χ4v) is 3.42. The van der Waals surface area contributed by atoms with Crippen molar-refractivity contribution in [2.45, 2.75) is 25.9 Å². The lowest BCUT2D eigenvalue weighted by molar-refractivity contribution is -0.117. The number of amides is 1. The van der Waals surface area contributed by atoms with Crippen LogP contribution in [0.2, 0.25) is 0 Å². The number of benzene rings is 1. The Labute approximate surface area is 131 Å². The molecule has 2 N–H and O–H groups in total. The van der Waals surface area contributed by atoms with Crippen LogP contribution in [0.15, 0.2) is 35.9 Å². The number of aliphatic hydroxyl groups excluding tert-OH is 1. The number of nitrogens with one attached hydrogen (secondary N) is 1. The van der Waals surface area contributed by atoms with Crippen molar-refractivity contribution in [3.63, 3.8) is 0 Å². The Morgan fingerprint density at radius 3 is 2.86 bits per heavy atom. The van der Waals surface area contributed by atoms with Crippen LogP contribution >= 0.6 is 0 Å². The molecule has 1 atom stereocenters. The van der Waals surface area contributed by atoms with E-state index in [4.69, 9.17) is 0 Å². The third-order valence-corrected chi connectivity index (χ3v) is 4.73. The molecule has 0 spiro atoms. The SMILES string of the molecule is Cc1cccc(C(O)CNC(=O)/C=C2/CN3CCC2CC3)c1. The quantitative estimate of drug-likeness (QED) is 0.834. The third kappa shape index (κ3) is 3.57. The first-order valence-electron chi connectivity index (χ1n) is 8.07. The number of aliphatic hydroxyl groups is 1. The second-order valence-electron chi connectivity index (χ2n) is 6.44. The number of fused-ring (bicyclic) bond motifs is 3. The molecule has 4 rings (SSSR count). The summed E-state index contributed by atoms with van der Waals surface area (Å²) in [4.78, 5) is 14.5. The lowest BCUT2D eigenvalue weighted by Crippen LogP contribution is -2.43. The van der Waals surface area contributed by atoms with Crippen LogP contribution in [0.1, 0.15) is 30.1 Å². The van der Waals surface area contributed by atoms with Crippen LogP contribution in [0.4, 0.5) is 0 Å². The van der Waals surface area contributed by atoms with E-state index in [0.717, 1.165) is 30.8 Å². The Morgan fingerprint density at radius 1 is 1.45 bits per heavy atom. The van der Waals surface area contributed by atoms with E-state index in [1.165, 1.54) is 18.4 Å². The predicted molar refractivity (Wildman–Crippen MR) is 86.4 cm³/mol. The average molecular weight is 300 g/mol. The molecule has 4 heteroatoms. The Balaban J connectivity index is 1.54. The van der Waals surface area contributed by atoms with Gasteiger partial charge in [0.2, 0.25) is 5.91 Å². The number of hydrogen-bond acceptors (Lipinski definition) is 3. The van der Waals surface area contributed by atoms with Gasteiger partial charge in [0, 0.05) is 19.2 Å². The summed E-state index contributed by atoms with van der Waals surface area (Å²) in [6.45, 7) is 5.50. The molecular weight excluding hydrogens is 276 g/mol. The molecule has 22 heavy (non-hydrogen) atoms. The fourth-order valence-electron chi connectivity index (χ4n) is 3.42. The molecule has 1 unspecified atom stereocenters. The zero-order valence-corrected chi connectivity index (χ0v) is 13.1. The van der Waals surface area contributed by atoms with E-state index in [0.29, 0.717) is 5.92 Å². The van der Waals surface area contributed by atoms with E-state index in [2.05, 4.69) is 10.2 Å². The predicted octanol–water partition coefficient (Wildman–Crippen LogP) is 1.80. The van der Waals surface area contributed by atoms with E-state index in [1.807, 2.05) is 31.2 Å². The standard InChI is InChI=1S/C18H24N2O2/c1-13-3-2-4-15(9-13)17(21)11-19-18(22)10-16-12-20-7-5-14(16)6-8-20/h2-4,9-10,14,17,21H,5-8,11-12H2,1H3,(H,19,22)/b16-10-. The zero-order valence-electron chi connectivity index (χ0n) is 13.1. The minimum absolute atomic E-state index is 0.0875. The molecule has 0 aliphatic carbocycles. The van der Waals surface area contributed by atoms with Crippen LogP contribution in [0.3, 0.4) is 0 Å². The van der Waals surface area contributed by atoms with E-state index >= 15 is 0 Å². The van der Waals surface area contributed by atoms with Crippen LogP contribution in [0.25, 0.3) is 0 Å². The second-order valence-corrected chi connectivity index (χ2v) is 6.44. The summed E-state index contributed by atoms with van der Waals surface area (Å²) in [5.74, 6) is 0.493. The molecule has 1 aromatic rings. The molecule has 0 radical (unpaired) electrons. The molecule has 4 nitrogen and oxygen atoms in total. The number of hydrogen-bond donors (Lipinski definition) is 2. The monoisotopic (exact) mass is 300 g/mol. The number of piperidine rings is 3. The maximum atomic E-state index is 12.1. The minimum atomic E-state index is -0.659. The average Bonchev–Trinajstić information content (AvgIpc) is 2.54. The molecule has 3 aliphatic heterocycles. The van der Waals surface area contributed by atoms with Crippen molar-refractivity contribution in [2.24, 2.45) is 5.92 Å². The summed E-state index contributed by atoms with van der Waals surface area (Å²) in [5, 5.41) is 13.0. The van der Waals surface area contributed by atoms with Gasteiger partial charge in [-0.25, -0.2) is 0 Å². The molecule has 1 aromatic carbocycles. The van der Waals surface area contributed by atoms with Crippen LogP contribution in [0, 0.1) is 12.8 Å². The van der Waals surface area contributed by atoms with Crippen molar-refractivity contribution in [3.8, 4) is 0 Å². The lowest BCUT2D eigenvalue weighted by atomic mass is 9.83. The van der Waals surface area contributed by atoms with Gasteiger partial charge in [-0.15, -0.1) is 0 Å². The third-order valence-electron chi connectivity index (χ3n) is 4.73. The van der Waals surface area contributed by atoms with Gasteiger partial charge >= 0.3 is 0 Å². The fraction of sp³-hybridized carbons (Fsp3) is 0.500. The first kappa shape index (κ1) is 15.3. The summed E-state index contributed by atoms with van der Waals surface area (Å²) in [6, 6.07) is 7.75. The zero-order chi connectivity index (χ0) is 15.5. The molecule has 3 fully saturated rings. The molecule has 3 aliphatic rings. The molecule has 3 saturated heterocycles. The highest BCUT2D eigenvalue weighted by atomic mass is 16.3. The van der Waals surface area contributed by atoms with Crippen LogP contribution < -0.4 is 5.32 Å². The van der Waals surface area contributed by atoms with Gasteiger partial charge in [-0.2, -0.15) is 0 Å². The highest BCUT2D eigenvalue weighted by Crippen LogP contribution is 2.31. The van der Waals surface area contributed by atoms with Crippen molar-refractivity contribution in [2.75, 3.05) is 26.2 Å². The molecule has 2 bridgehead atoms. The van der Waals surface area contributed by atoms with E-state index in [1.54, 1.807) is 6.08 Å². The second kappa shape index (κ2) is 6.63. The molecular formula is C18H24N2O2. The number of carbonyl (C=O) groups excluding carboxylic acids is 1. The number of carbonyl (C=O) groups is 1. The molecule has 1 amide bonds. The summed E-state index contributed by atoms with van der Waals surface area (Å²) in [7, 11) is 0. The summed E-state index contributed by atoms with van der Waals surface area (Å²) in [6.07, 6.45) is 3.43. The van der Waals surface area contributed by atoms with Gasteiger partial charge in [-0.05, 0) is 49.9 Å².